The van der Waals surface area contributed by atoms with Crippen molar-refractivity contribution < 1.29 is 22.7 Å². The fraction of sp³-hybridized carbons (Fsp3) is 0.316. The zero-order valence-corrected chi connectivity index (χ0v) is 17.4. The zero-order valence-electron chi connectivity index (χ0n) is 15.1. The normalized spacial score (nSPS) is 14.4. The maximum absolute atomic E-state index is 12.6. The van der Waals surface area contributed by atoms with Crippen LogP contribution in [0.15, 0.2) is 41.3 Å². The lowest BCUT2D eigenvalue weighted by atomic mass is 10.1. The summed E-state index contributed by atoms with van der Waals surface area (Å²) in [5, 5.41) is 3.69. The quantitative estimate of drug-likeness (QED) is 0.733. The van der Waals surface area contributed by atoms with Crippen molar-refractivity contribution >= 4 is 38.9 Å². The fourth-order valence-corrected chi connectivity index (χ4v) is 4.63. The molecule has 1 atom stereocenters. The Labute approximate surface area is 173 Å². The summed E-state index contributed by atoms with van der Waals surface area (Å²) in [5.41, 5.74) is 0.703. The summed E-state index contributed by atoms with van der Waals surface area (Å²) >= 11 is 12.0. The van der Waals surface area contributed by atoms with Crippen LogP contribution in [0.2, 0.25) is 10.0 Å². The number of ether oxygens (including phenoxy) is 2. The number of halogens is 2. The minimum atomic E-state index is -3.64. The summed E-state index contributed by atoms with van der Waals surface area (Å²) in [5.74, 6) is 0.193. The van der Waals surface area contributed by atoms with Crippen molar-refractivity contribution in [1.82, 2.24) is 5.32 Å². The molecule has 150 valence electrons. The van der Waals surface area contributed by atoms with Gasteiger partial charge in [0.05, 0.1) is 16.7 Å². The standard InChI is InChI=1S/C19H19Cl2NO5S/c1-12(15-4-2-13(20)10-16(15)21)22-19(23)6-9-28(24,25)14-3-5-17-18(11-14)27-8-7-26-17/h2-5,10-12H,6-9H2,1H3,(H,22,23). The number of sulfone groups is 1. The van der Waals surface area contributed by atoms with Crippen LogP contribution in [0.3, 0.4) is 0 Å². The van der Waals surface area contributed by atoms with Gasteiger partial charge in [-0.25, -0.2) is 8.42 Å². The van der Waals surface area contributed by atoms with Crippen molar-refractivity contribution in [3.05, 3.63) is 52.0 Å². The van der Waals surface area contributed by atoms with Crippen LogP contribution in [-0.4, -0.2) is 33.3 Å². The third-order valence-electron chi connectivity index (χ3n) is 4.28. The molecule has 0 bridgehead atoms. The molecule has 28 heavy (non-hydrogen) atoms. The average molecular weight is 444 g/mol. The van der Waals surface area contributed by atoms with E-state index in [2.05, 4.69) is 5.32 Å². The van der Waals surface area contributed by atoms with Crippen LogP contribution < -0.4 is 14.8 Å². The van der Waals surface area contributed by atoms with Gasteiger partial charge in [0, 0.05) is 22.5 Å². The third-order valence-corrected chi connectivity index (χ3v) is 6.55. The van der Waals surface area contributed by atoms with E-state index in [1.54, 1.807) is 31.2 Å². The van der Waals surface area contributed by atoms with Crippen molar-refractivity contribution in [1.29, 1.82) is 0 Å². The van der Waals surface area contributed by atoms with Crippen LogP contribution in [0.5, 0.6) is 11.5 Å². The smallest absolute Gasteiger partial charge is 0.221 e. The van der Waals surface area contributed by atoms with E-state index in [1.165, 1.54) is 12.1 Å². The summed E-state index contributed by atoms with van der Waals surface area (Å²) in [6.07, 6.45) is -0.174. The molecule has 0 saturated carbocycles. The number of amides is 1. The SMILES string of the molecule is CC(NC(=O)CCS(=O)(=O)c1ccc2c(c1)OCCO2)c1ccc(Cl)cc1Cl. The lowest BCUT2D eigenvalue weighted by Crippen LogP contribution is -2.28. The van der Waals surface area contributed by atoms with E-state index < -0.39 is 9.84 Å². The van der Waals surface area contributed by atoms with E-state index in [4.69, 9.17) is 32.7 Å². The van der Waals surface area contributed by atoms with Crippen molar-refractivity contribution in [3.8, 4) is 11.5 Å². The maximum Gasteiger partial charge on any atom is 0.221 e. The van der Waals surface area contributed by atoms with Gasteiger partial charge in [0.25, 0.3) is 0 Å². The predicted octanol–water partition coefficient (Wildman–Crippen LogP) is 3.81. The minimum Gasteiger partial charge on any atom is -0.486 e. The molecule has 2 aromatic rings. The molecule has 0 fully saturated rings. The van der Waals surface area contributed by atoms with Gasteiger partial charge in [-0.2, -0.15) is 0 Å². The van der Waals surface area contributed by atoms with Crippen molar-refractivity contribution in [2.45, 2.75) is 24.3 Å². The zero-order chi connectivity index (χ0) is 20.3. The van der Waals surface area contributed by atoms with Crippen molar-refractivity contribution in [3.63, 3.8) is 0 Å². The number of hydrogen-bond acceptors (Lipinski definition) is 5. The molecular formula is C19H19Cl2NO5S. The van der Waals surface area contributed by atoms with Gasteiger partial charge in [-0.15, -0.1) is 0 Å². The Morgan fingerprint density at radius 2 is 1.82 bits per heavy atom. The summed E-state index contributed by atoms with van der Waals surface area (Å²) in [4.78, 5) is 12.3. The molecule has 1 aliphatic heterocycles. The monoisotopic (exact) mass is 443 g/mol. The first kappa shape index (κ1) is 20.8. The summed E-state index contributed by atoms with van der Waals surface area (Å²) in [6.45, 7) is 2.56. The second-order valence-corrected chi connectivity index (χ2v) is 9.28. The Bertz CT molecular complexity index is 994. The Morgan fingerprint density at radius 1 is 1.11 bits per heavy atom. The van der Waals surface area contributed by atoms with Gasteiger partial charge in [0.2, 0.25) is 5.91 Å². The number of rotatable bonds is 6. The molecule has 1 unspecified atom stereocenters. The highest BCUT2D eigenvalue weighted by atomic mass is 35.5. The predicted molar refractivity (Wildman–Crippen MR) is 107 cm³/mol. The van der Waals surface area contributed by atoms with Gasteiger partial charge in [-0.3, -0.25) is 4.79 Å². The second kappa shape index (κ2) is 8.59. The van der Waals surface area contributed by atoms with Gasteiger partial charge < -0.3 is 14.8 Å². The Balaban J connectivity index is 1.61. The first-order valence-corrected chi connectivity index (χ1v) is 11.0. The first-order chi connectivity index (χ1) is 13.3. The van der Waals surface area contributed by atoms with Crippen LogP contribution in [-0.2, 0) is 14.6 Å². The van der Waals surface area contributed by atoms with Crippen LogP contribution in [0.1, 0.15) is 24.9 Å². The topological polar surface area (TPSA) is 81.7 Å². The molecule has 1 aliphatic rings. The lowest BCUT2D eigenvalue weighted by Gasteiger charge is -2.19. The number of nitrogens with one attached hydrogen (secondary N) is 1. The van der Waals surface area contributed by atoms with Crippen LogP contribution in [0.25, 0.3) is 0 Å². The third kappa shape index (κ3) is 4.90. The largest absolute Gasteiger partial charge is 0.486 e. The van der Waals surface area contributed by atoms with Gasteiger partial charge in [0.1, 0.15) is 13.2 Å². The number of carbonyl (C=O) groups is 1. The second-order valence-electron chi connectivity index (χ2n) is 6.33. The first-order valence-electron chi connectivity index (χ1n) is 8.63. The molecule has 2 aromatic carbocycles. The molecule has 1 N–H and O–H groups in total. The fourth-order valence-electron chi connectivity index (χ4n) is 2.81. The van der Waals surface area contributed by atoms with Crippen molar-refractivity contribution in [2.24, 2.45) is 0 Å². The molecule has 9 heteroatoms. The van der Waals surface area contributed by atoms with Gasteiger partial charge >= 0.3 is 0 Å². The molecule has 1 heterocycles. The van der Waals surface area contributed by atoms with Crippen molar-refractivity contribution in [2.75, 3.05) is 19.0 Å². The molecule has 6 nitrogen and oxygen atoms in total. The Kier molecular flexibility index (Phi) is 6.37. The van der Waals surface area contributed by atoms with E-state index in [0.29, 0.717) is 40.3 Å². The molecular weight excluding hydrogens is 425 g/mol. The number of fused-ring (bicyclic) bond motifs is 1. The molecule has 0 aromatic heterocycles. The minimum absolute atomic E-state index is 0.0957. The number of carbonyl (C=O) groups excluding carboxylic acids is 1. The molecule has 0 saturated heterocycles. The molecule has 1 amide bonds. The van der Waals surface area contributed by atoms with Crippen LogP contribution in [0.4, 0.5) is 0 Å². The summed E-state index contributed by atoms with van der Waals surface area (Å²) < 4.78 is 35.9. The van der Waals surface area contributed by atoms with E-state index >= 15 is 0 Å². The van der Waals surface area contributed by atoms with E-state index in [1.807, 2.05) is 0 Å². The lowest BCUT2D eigenvalue weighted by molar-refractivity contribution is -0.121. The maximum atomic E-state index is 12.6. The van der Waals surface area contributed by atoms with E-state index in [-0.39, 0.29) is 29.0 Å². The van der Waals surface area contributed by atoms with E-state index in [0.717, 1.165) is 0 Å². The molecule has 0 aliphatic carbocycles. The highest BCUT2D eigenvalue weighted by molar-refractivity contribution is 7.91. The van der Waals surface area contributed by atoms with Gasteiger partial charge in [-0.05, 0) is 36.8 Å². The molecule has 3 rings (SSSR count). The van der Waals surface area contributed by atoms with Crippen LogP contribution in [0, 0.1) is 0 Å². The summed E-state index contributed by atoms with van der Waals surface area (Å²) in [7, 11) is -3.64. The van der Waals surface area contributed by atoms with Gasteiger partial charge in [0.15, 0.2) is 21.3 Å². The number of benzene rings is 2. The van der Waals surface area contributed by atoms with Gasteiger partial charge in [-0.1, -0.05) is 29.3 Å². The Morgan fingerprint density at radius 3 is 2.54 bits per heavy atom. The number of hydrogen-bond donors (Lipinski definition) is 1. The highest BCUT2D eigenvalue weighted by Gasteiger charge is 2.21. The Hall–Kier alpha value is -1.96. The van der Waals surface area contributed by atoms with Crippen LogP contribution >= 0.6 is 23.2 Å². The average Bonchev–Trinajstić information content (AvgIpc) is 2.66. The molecule has 0 spiro atoms. The highest BCUT2D eigenvalue weighted by Crippen LogP contribution is 2.32. The summed E-state index contributed by atoms with van der Waals surface area (Å²) in [6, 6.07) is 9.06. The molecule has 0 radical (unpaired) electrons. The van der Waals surface area contributed by atoms with E-state index in [9.17, 15) is 13.2 Å².